The van der Waals surface area contributed by atoms with Gasteiger partial charge < -0.3 is 9.80 Å². The first-order valence-corrected chi connectivity index (χ1v) is 8.83. The van der Waals surface area contributed by atoms with Crippen LogP contribution in [0.1, 0.15) is 20.8 Å². The molecule has 1 saturated heterocycles. The second-order valence-electron chi connectivity index (χ2n) is 6.33. The third-order valence-corrected chi connectivity index (χ3v) is 4.61. The van der Waals surface area contributed by atoms with Crippen molar-refractivity contribution in [2.75, 3.05) is 26.2 Å². The highest BCUT2D eigenvalue weighted by atomic mass is 16.2. The number of carbonyl (C=O) groups is 2. The van der Waals surface area contributed by atoms with Crippen LogP contribution in [-0.4, -0.2) is 63.0 Å². The predicted octanol–water partition coefficient (Wildman–Crippen LogP) is 2.07. The van der Waals surface area contributed by atoms with Gasteiger partial charge in [0.2, 0.25) is 0 Å². The van der Waals surface area contributed by atoms with Gasteiger partial charge in [0, 0.05) is 37.9 Å². The number of hydrogen-bond acceptors (Lipinski definition) is 4. The van der Waals surface area contributed by atoms with Crippen LogP contribution in [0.3, 0.4) is 0 Å². The molecule has 0 aliphatic carbocycles. The molecule has 0 radical (unpaired) electrons. The van der Waals surface area contributed by atoms with Gasteiger partial charge >= 0.3 is 0 Å². The minimum Gasteiger partial charge on any atom is -0.335 e. The summed E-state index contributed by atoms with van der Waals surface area (Å²) in [6, 6.07) is 16.5. The van der Waals surface area contributed by atoms with Gasteiger partial charge in [-0.1, -0.05) is 24.3 Å². The lowest BCUT2D eigenvalue weighted by molar-refractivity contribution is 0.0532. The first-order valence-electron chi connectivity index (χ1n) is 8.83. The van der Waals surface area contributed by atoms with Gasteiger partial charge in [-0.3, -0.25) is 19.7 Å². The third-order valence-electron chi connectivity index (χ3n) is 4.61. The molecular weight excluding hydrogens is 342 g/mol. The number of rotatable bonds is 3. The summed E-state index contributed by atoms with van der Waals surface area (Å²) in [5.74, 6) is -0.113. The number of aromatic nitrogens is 3. The fourth-order valence-electron chi connectivity index (χ4n) is 3.12. The molecule has 27 heavy (non-hydrogen) atoms. The Labute approximate surface area is 156 Å². The molecule has 0 unspecified atom stereocenters. The molecule has 1 fully saturated rings. The van der Waals surface area contributed by atoms with Crippen molar-refractivity contribution in [1.29, 1.82) is 0 Å². The second kappa shape index (κ2) is 7.41. The minimum absolute atomic E-state index is 0.00155. The van der Waals surface area contributed by atoms with Crippen molar-refractivity contribution in [3.05, 3.63) is 72.1 Å². The molecule has 0 atom stereocenters. The van der Waals surface area contributed by atoms with Crippen LogP contribution < -0.4 is 0 Å². The number of carbonyl (C=O) groups excluding carboxylic acids is 2. The number of benzene rings is 1. The maximum Gasteiger partial charge on any atom is 0.272 e. The number of nitrogens with one attached hydrogen (secondary N) is 1. The van der Waals surface area contributed by atoms with Crippen LogP contribution in [0.4, 0.5) is 0 Å². The normalized spacial score (nSPS) is 14.2. The van der Waals surface area contributed by atoms with Crippen molar-refractivity contribution < 1.29 is 9.59 Å². The highest BCUT2D eigenvalue weighted by molar-refractivity contribution is 5.95. The predicted molar refractivity (Wildman–Crippen MR) is 100 cm³/mol. The van der Waals surface area contributed by atoms with Crippen molar-refractivity contribution in [2.45, 2.75) is 0 Å². The Hall–Kier alpha value is -3.48. The van der Waals surface area contributed by atoms with Gasteiger partial charge in [-0.05, 0) is 30.3 Å². The Balaban J connectivity index is 1.39. The number of hydrogen-bond donors (Lipinski definition) is 1. The van der Waals surface area contributed by atoms with Crippen LogP contribution in [-0.2, 0) is 0 Å². The third kappa shape index (κ3) is 3.57. The Kier molecular flexibility index (Phi) is 4.65. The van der Waals surface area contributed by atoms with E-state index in [1.807, 2.05) is 48.5 Å². The fraction of sp³-hybridized carbons (Fsp3) is 0.200. The van der Waals surface area contributed by atoms with Crippen LogP contribution in [0, 0.1) is 0 Å². The molecule has 3 aromatic rings. The zero-order chi connectivity index (χ0) is 18.6. The van der Waals surface area contributed by atoms with Crippen LogP contribution in [0.2, 0.25) is 0 Å². The monoisotopic (exact) mass is 361 g/mol. The first kappa shape index (κ1) is 17.0. The van der Waals surface area contributed by atoms with Crippen LogP contribution in [0.15, 0.2) is 60.8 Å². The second-order valence-corrected chi connectivity index (χ2v) is 6.33. The molecular formula is C20H19N5O2. The lowest BCUT2D eigenvalue weighted by atomic mass is 10.2. The number of H-pyrrole nitrogens is 1. The maximum absolute atomic E-state index is 12.7. The van der Waals surface area contributed by atoms with Gasteiger partial charge in [-0.15, -0.1) is 0 Å². The van der Waals surface area contributed by atoms with Crippen molar-refractivity contribution >= 4 is 11.8 Å². The van der Waals surface area contributed by atoms with E-state index in [1.165, 1.54) is 0 Å². The summed E-state index contributed by atoms with van der Waals surface area (Å²) in [4.78, 5) is 33.0. The Morgan fingerprint density at radius 3 is 2.15 bits per heavy atom. The van der Waals surface area contributed by atoms with E-state index < -0.39 is 0 Å². The van der Waals surface area contributed by atoms with E-state index in [4.69, 9.17) is 0 Å². The smallest absolute Gasteiger partial charge is 0.272 e. The lowest BCUT2D eigenvalue weighted by Gasteiger charge is -2.34. The Morgan fingerprint density at radius 1 is 0.815 bits per heavy atom. The molecule has 2 aromatic heterocycles. The molecule has 1 N–H and O–H groups in total. The zero-order valence-corrected chi connectivity index (χ0v) is 14.7. The highest BCUT2D eigenvalue weighted by Gasteiger charge is 2.26. The molecule has 1 aromatic carbocycles. The van der Waals surface area contributed by atoms with Gasteiger partial charge in [0.15, 0.2) is 0 Å². The molecule has 4 rings (SSSR count). The molecule has 7 nitrogen and oxygen atoms in total. The summed E-state index contributed by atoms with van der Waals surface area (Å²) in [7, 11) is 0. The average Bonchev–Trinajstić information content (AvgIpc) is 3.24. The van der Waals surface area contributed by atoms with Gasteiger partial charge in [0.05, 0.1) is 5.69 Å². The maximum atomic E-state index is 12.7. The first-order chi connectivity index (χ1) is 13.2. The number of amides is 2. The summed E-state index contributed by atoms with van der Waals surface area (Å²) in [5.41, 5.74) is 2.45. The van der Waals surface area contributed by atoms with Gasteiger partial charge in [-0.2, -0.15) is 5.10 Å². The Morgan fingerprint density at radius 2 is 1.48 bits per heavy atom. The quantitative estimate of drug-likeness (QED) is 0.774. The summed E-state index contributed by atoms with van der Waals surface area (Å²) < 4.78 is 0. The fourth-order valence-corrected chi connectivity index (χ4v) is 3.12. The molecule has 0 saturated carbocycles. The number of aromatic amines is 1. The molecule has 136 valence electrons. The Bertz CT molecular complexity index is 931. The summed E-state index contributed by atoms with van der Waals surface area (Å²) in [6.07, 6.45) is 1.69. The van der Waals surface area contributed by atoms with E-state index in [1.54, 1.807) is 22.1 Å². The molecule has 1 aliphatic heterocycles. The lowest BCUT2D eigenvalue weighted by Crippen LogP contribution is -2.50. The molecule has 7 heteroatoms. The molecule has 3 heterocycles. The summed E-state index contributed by atoms with van der Waals surface area (Å²) in [6.45, 7) is 2.02. The minimum atomic E-state index is -0.114. The molecule has 0 bridgehead atoms. The summed E-state index contributed by atoms with van der Waals surface area (Å²) >= 11 is 0. The average molecular weight is 361 g/mol. The van der Waals surface area contributed by atoms with Crippen LogP contribution in [0.25, 0.3) is 11.4 Å². The van der Waals surface area contributed by atoms with E-state index in [-0.39, 0.29) is 11.8 Å². The number of piperazine rings is 1. The van der Waals surface area contributed by atoms with Crippen LogP contribution >= 0.6 is 0 Å². The van der Waals surface area contributed by atoms with Gasteiger partial charge in [-0.25, -0.2) is 0 Å². The largest absolute Gasteiger partial charge is 0.335 e. The van der Waals surface area contributed by atoms with Crippen molar-refractivity contribution in [3.63, 3.8) is 0 Å². The summed E-state index contributed by atoms with van der Waals surface area (Å²) in [5, 5.41) is 6.99. The van der Waals surface area contributed by atoms with Crippen LogP contribution in [0.5, 0.6) is 0 Å². The van der Waals surface area contributed by atoms with Crippen molar-refractivity contribution in [3.8, 4) is 11.4 Å². The van der Waals surface area contributed by atoms with Gasteiger partial charge in [0.1, 0.15) is 11.4 Å². The molecule has 0 spiro atoms. The zero-order valence-electron chi connectivity index (χ0n) is 14.7. The topological polar surface area (TPSA) is 82.2 Å². The highest BCUT2D eigenvalue weighted by Crippen LogP contribution is 2.16. The van der Waals surface area contributed by atoms with E-state index >= 15 is 0 Å². The number of pyridine rings is 1. The van der Waals surface area contributed by atoms with Gasteiger partial charge in [0.25, 0.3) is 11.8 Å². The van der Waals surface area contributed by atoms with E-state index in [9.17, 15) is 9.59 Å². The van der Waals surface area contributed by atoms with Crippen molar-refractivity contribution in [2.24, 2.45) is 0 Å². The molecule has 2 amide bonds. The molecule has 1 aliphatic rings. The SMILES string of the molecule is O=C(c1ccccc1)N1CCN(C(=O)c2cc(-c3ccccn3)n[nH]2)CC1. The standard InChI is InChI=1S/C20H19N5O2/c26-19(15-6-2-1-3-7-15)24-10-12-25(13-11-24)20(27)18-14-17(22-23-18)16-8-4-5-9-21-16/h1-9,14H,10-13H2,(H,22,23). The van der Waals surface area contributed by atoms with E-state index in [2.05, 4.69) is 15.2 Å². The van der Waals surface area contributed by atoms with E-state index in [0.29, 0.717) is 48.8 Å². The number of nitrogens with zero attached hydrogens (tertiary/aromatic N) is 4. The van der Waals surface area contributed by atoms with E-state index in [0.717, 1.165) is 0 Å². The van der Waals surface area contributed by atoms with Crippen molar-refractivity contribution in [1.82, 2.24) is 25.0 Å².